The Morgan fingerprint density at radius 1 is 1.25 bits per heavy atom. The van der Waals surface area contributed by atoms with E-state index in [4.69, 9.17) is 5.11 Å². The maximum Gasteiger partial charge on any atom is 0.323 e. The summed E-state index contributed by atoms with van der Waals surface area (Å²) in [4.78, 5) is 38.1. The monoisotopic (exact) mass is 333 g/mol. The van der Waals surface area contributed by atoms with Gasteiger partial charge in [-0.2, -0.15) is 0 Å². The fourth-order valence-corrected chi connectivity index (χ4v) is 2.74. The van der Waals surface area contributed by atoms with Gasteiger partial charge in [-0.3, -0.25) is 9.59 Å². The molecular formula is C17H23N3O4. The van der Waals surface area contributed by atoms with Crippen LogP contribution < -0.4 is 5.32 Å². The van der Waals surface area contributed by atoms with Crippen LogP contribution in [0.1, 0.15) is 25.0 Å². The minimum Gasteiger partial charge on any atom is -0.480 e. The Morgan fingerprint density at radius 3 is 2.54 bits per heavy atom. The normalized spacial score (nSPS) is 13.4. The molecule has 2 N–H and O–H groups in total. The van der Waals surface area contributed by atoms with Gasteiger partial charge in [0.25, 0.3) is 0 Å². The van der Waals surface area contributed by atoms with Gasteiger partial charge >= 0.3 is 12.0 Å². The van der Waals surface area contributed by atoms with E-state index >= 15 is 0 Å². The first-order chi connectivity index (χ1) is 11.4. The van der Waals surface area contributed by atoms with Gasteiger partial charge in [0.05, 0.1) is 6.54 Å². The number of hydrogen-bond donors (Lipinski definition) is 2. The number of amides is 3. The lowest BCUT2D eigenvalue weighted by molar-refractivity contribution is -0.145. The molecule has 1 aromatic rings. The zero-order valence-electron chi connectivity index (χ0n) is 14.0. The van der Waals surface area contributed by atoms with Crippen molar-refractivity contribution in [3.05, 3.63) is 35.4 Å². The van der Waals surface area contributed by atoms with Crippen LogP contribution >= 0.6 is 0 Å². The van der Waals surface area contributed by atoms with Crippen LogP contribution in [0, 0.1) is 0 Å². The Hall–Kier alpha value is -2.57. The average Bonchev–Trinajstić information content (AvgIpc) is 2.56. The van der Waals surface area contributed by atoms with Crippen molar-refractivity contribution < 1.29 is 19.5 Å². The number of carbonyl (C=O) groups is 3. The molecule has 0 aliphatic carbocycles. The number of benzene rings is 1. The highest BCUT2D eigenvalue weighted by molar-refractivity contribution is 5.86. The lowest BCUT2D eigenvalue weighted by Gasteiger charge is -2.30. The topological polar surface area (TPSA) is 90.0 Å². The summed E-state index contributed by atoms with van der Waals surface area (Å²) in [6.07, 6.45) is 0.786. The van der Waals surface area contributed by atoms with Crippen LogP contribution in [0.3, 0.4) is 0 Å². The number of aliphatic carboxylic acids is 1. The first-order valence-electron chi connectivity index (χ1n) is 7.99. The molecule has 7 nitrogen and oxygen atoms in total. The predicted octanol–water partition coefficient (Wildman–Crippen LogP) is 1.08. The quantitative estimate of drug-likeness (QED) is 0.843. The number of carbonyl (C=O) groups excluding carboxylic acids is 2. The highest BCUT2D eigenvalue weighted by atomic mass is 16.4. The molecule has 7 heteroatoms. The summed E-state index contributed by atoms with van der Waals surface area (Å²) >= 11 is 0. The lowest BCUT2D eigenvalue weighted by Crippen LogP contribution is -2.49. The third-order valence-electron chi connectivity index (χ3n) is 4.06. The van der Waals surface area contributed by atoms with Crippen molar-refractivity contribution in [2.24, 2.45) is 0 Å². The van der Waals surface area contributed by atoms with E-state index in [9.17, 15) is 14.4 Å². The van der Waals surface area contributed by atoms with Crippen molar-refractivity contribution in [3.8, 4) is 0 Å². The number of urea groups is 1. The first-order valence-corrected chi connectivity index (χ1v) is 7.99. The maximum atomic E-state index is 12.3. The minimum atomic E-state index is -1.07. The van der Waals surface area contributed by atoms with Crippen molar-refractivity contribution in [2.75, 3.05) is 19.6 Å². The molecule has 0 spiro atoms. The number of carboxylic acids is 1. The number of nitrogens with zero attached hydrogens (tertiary/aromatic N) is 2. The van der Waals surface area contributed by atoms with Crippen molar-refractivity contribution in [1.29, 1.82) is 0 Å². The molecule has 0 saturated heterocycles. The van der Waals surface area contributed by atoms with Crippen LogP contribution in [-0.2, 0) is 22.6 Å². The molecule has 1 aromatic carbocycles. The molecule has 130 valence electrons. The number of nitrogens with one attached hydrogen (secondary N) is 1. The van der Waals surface area contributed by atoms with Crippen LogP contribution in [0.15, 0.2) is 24.3 Å². The van der Waals surface area contributed by atoms with Gasteiger partial charge in [0.15, 0.2) is 0 Å². The molecule has 0 saturated carbocycles. The number of rotatable bonds is 5. The molecule has 24 heavy (non-hydrogen) atoms. The maximum absolute atomic E-state index is 12.3. The van der Waals surface area contributed by atoms with Gasteiger partial charge in [-0.1, -0.05) is 24.3 Å². The average molecular weight is 333 g/mol. The van der Waals surface area contributed by atoms with Crippen LogP contribution in [0.4, 0.5) is 4.79 Å². The van der Waals surface area contributed by atoms with E-state index < -0.39 is 11.9 Å². The van der Waals surface area contributed by atoms with Crippen LogP contribution in [0.2, 0.25) is 0 Å². The van der Waals surface area contributed by atoms with Gasteiger partial charge in [-0.05, 0) is 31.4 Å². The van der Waals surface area contributed by atoms with Crippen molar-refractivity contribution in [2.45, 2.75) is 32.9 Å². The molecule has 0 aromatic heterocycles. The lowest BCUT2D eigenvalue weighted by atomic mass is 10.0. The fraction of sp³-hybridized carbons (Fsp3) is 0.471. The van der Waals surface area contributed by atoms with E-state index in [-0.39, 0.29) is 25.2 Å². The predicted molar refractivity (Wildman–Crippen MR) is 88.4 cm³/mol. The van der Waals surface area contributed by atoms with E-state index in [1.165, 1.54) is 10.5 Å². The standard InChI is InChI=1S/C17H23N3O4/c1-12(2)20(11-16(22)23)15(21)9-18-17(24)19-8-7-13-5-3-4-6-14(13)10-19/h3-6,12H,7-11H2,1-2H3,(H,18,24)(H,22,23). The molecule has 0 atom stereocenters. The Bertz CT molecular complexity index is 630. The van der Waals surface area contributed by atoms with E-state index in [1.807, 2.05) is 18.2 Å². The number of carboxylic acid groups (broad SMARTS) is 1. The second kappa shape index (κ2) is 7.81. The van der Waals surface area contributed by atoms with Crippen LogP contribution in [0.5, 0.6) is 0 Å². The highest BCUT2D eigenvalue weighted by Gasteiger charge is 2.23. The minimum absolute atomic E-state index is 0.206. The molecule has 0 bridgehead atoms. The molecule has 0 unspecified atom stereocenters. The fourth-order valence-electron chi connectivity index (χ4n) is 2.74. The smallest absolute Gasteiger partial charge is 0.323 e. The van der Waals surface area contributed by atoms with Gasteiger partial charge in [0.1, 0.15) is 6.54 Å². The molecule has 1 aliphatic rings. The van der Waals surface area contributed by atoms with Crippen molar-refractivity contribution >= 4 is 17.9 Å². The third-order valence-corrected chi connectivity index (χ3v) is 4.06. The van der Waals surface area contributed by atoms with Crippen LogP contribution in [0.25, 0.3) is 0 Å². The summed E-state index contributed by atoms with van der Waals surface area (Å²) in [6, 6.07) is 7.42. The third kappa shape index (κ3) is 4.47. The number of fused-ring (bicyclic) bond motifs is 1. The van der Waals surface area contributed by atoms with E-state index in [2.05, 4.69) is 11.4 Å². The largest absolute Gasteiger partial charge is 0.480 e. The first kappa shape index (κ1) is 17.8. The molecular weight excluding hydrogens is 310 g/mol. The van der Waals surface area contributed by atoms with Gasteiger partial charge < -0.3 is 20.2 Å². The molecule has 2 rings (SSSR count). The zero-order chi connectivity index (χ0) is 17.7. The SMILES string of the molecule is CC(C)N(CC(=O)O)C(=O)CNC(=O)N1CCc2ccccc2C1. The van der Waals surface area contributed by atoms with Gasteiger partial charge in [0, 0.05) is 19.1 Å². The van der Waals surface area contributed by atoms with E-state index in [1.54, 1.807) is 18.7 Å². The van der Waals surface area contributed by atoms with Crippen molar-refractivity contribution in [1.82, 2.24) is 15.1 Å². The summed E-state index contributed by atoms with van der Waals surface area (Å²) in [5.74, 6) is -1.48. The van der Waals surface area contributed by atoms with Crippen LogP contribution in [-0.4, -0.2) is 58.5 Å². The second-order valence-corrected chi connectivity index (χ2v) is 6.11. The summed E-state index contributed by atoms with van der Waals surface area (Å²) in [5.41, 5.74) is 2.35. The summed E-state index contributed by atoms with van der Waals surface area (Å²) in [6.45, 7) is 4.01. The summed E-state index contributed by atoms with van der Waals surface area (Å²) < 4.78 is 0. The van der Waals surface area contributed by atoms with Gasteiger partial charge in [0.2, 0.25) is 5.91 Å². The number of hydrogen-bond acceptors (Lipinski definition) is 3. The van der Waals surface area contributed by atoms with E-state index in [0.717, 1.165) is 12.0 Å². The van der Waals surface area contributed by atoms with Crippen molar-refractivity contribution in [3.63, 3.8) is 0 Å². The molecule has 0 fully saturated rings. The zero-order valence-corrected chi connectivity index (χ0v) is 14.0. The van der Waals surface area contributed by atoms with Gasteiger partial charge in [-0.25, -0.2) is 4.79 Å². The Balaban J connectivity index is 1.89. The Kier molecular flexibility index (Phi) is 5.78. The molecule has 1 heterocycles. The highest BCUT2D eigenvalue weighted by Crippen LogP contribution is 2.18. The molecule has 0 radical (unpaired) electrons. The second-order valence-electron chi connectivity index (χ2n) is 6.11. The Labute approximate surface area is 141 Å². The molecule has 1 aliphatic heterocycles. The van der Waals surface area contributed by atoms with Gasteiger partial charge in [-0.15, -0.1) is 0 Å². The summed E-state index contributed by atoms with van der Waals surface area (Å²) in [7, 11) is 0. The van der Waals surface area contributed by atoms with E-state index in [0.29, 0.717) is 13.1 Å². The summed E-state index contributed by atoms with van der Waals surface area (Å²) in [5, 5.41) is 11.5. The molecule has 3 amide bonds. The Morgan fingerprint density at radius 2 is 1.92 bits per heavy atom.